The molecule has 1 aromatic rings. The Hall–Kier alpha value is -1.11. The molecule has 0 saturated carbocycles. The maximum absolute atomic E-state index is 12.4. The van der Waals surface area contributed by atoms with Gasteiger partial charge in [0.05, 0.1) is 10.5 Å². The third-order valence-electron chi connectivity index (χ3n) is 3.52. The van der Waals surface area contributed by atoms with Crippen LogP contribution in [0.15, 0.2) is 29.2 Å². The fraction of sp³-hybridized carbons (Fsp3) is 0.533. The molecule has 0 fully saturated rings. The zero-order valence-corrected chi connectivity index (χ0v) is 15.1. The van der Waals surface area contributed by atoms with Gasteiger partial charge in [-0.1, -0.05) is 26.0 Å². The molecule has 0 radical (unpaired) electrons. The third kappa shape index (κ3) is 5.59. The van der Waals surface area contributed by atoms with E-state index in [1.165, 1.54) is 17.0 Å². The predicted molar refractivity (Wildman–Crippen MR) is 91.2 cm³/mol. The van der Waals surface area contributed by atoms with E-state index in [-0.39, 0.29) is 34.8 Å². The molecule has 0 aromatic heterocycles. The lowest BCUT2D eigenvalue weighted by atomic mass is 10.0. The molecule has 0 aliphatic heterocycles. The Bertz CT molecular complexity index is 603. The van der Waals surface area contributed by atoms with E-state index in [9.17, 15) is 13.2 Å². The highest BCUT2D eigenvalue weighted by molar-refractivity contribution is 7.90. The number of halogens is 1. The first-order chi connectivity index (χ1) is 9.64. The van der Waals surface area contributed by atoms with Crippen LogP contribution in [0.2, 0.25) is 0 Å². The lowest BCUT2D eigenvalue weighted by Crippen LogP contribution is -2.35. The number of rotatable bonds is 6. The Balaban J connectivity index is 0.00000441. The molecule has 0 aliphatic carbocycles. The average molecular weight is 349 g/mol. The van der Waals surface area contributed by atoms with Crippen molar-refractivity contribution in [1.82, 2.24) is 4.90 Å². The number of amides is 1. The predicted octanol–water partition coefficient (Wildman–Crippen LogP) is 1.96. The average Bonchev–Trinajstić information content (AvgIpc) is 2.42. The molecule has 1 unspecified atom stereocenters. The Kier molecular flexibility index (Phi) is 8.07. The van der Waals surface area contributed by atoms with Crippen molar-refractivity contribution >= 4 is 28.2 Å². The summed E-state index contributed by atoms with van der Waals surface area (Å²) in [4.78, 5) is 14.0. The first kappa shape index (κ1) is 20.9. The quantitative estimate of drug-likeness (QED) is 0.852. The number of nitrogens with zero attached hydrogens (tertiary/aromatic N) is 1. The van der Waals surface area contributed by atoms with Gasteiger partial charge < -0.3 is 10.6 Å². The number of benzene rings is 1. The highest BCUT2D eigenvalue weighted by Gasteiger charge is 2.21. The van der Waals surface area contributed by atoms with Crippen LogP contribution in [-0.4, -0.2) is 45.1 Å². The molecule has 0 saturated heterocycles. The van der Waals surface area contributed by atoms with E-state index in [1.54, 1.807) is 19.2 Å². The van der Waals surface area contributed by atoms with Crippen LogP contribution in [0, 0.1) is 5.92 Å². The van der Waals surface area contributed by atoms with Crippen molar-refractivity contribution < 1.29 is 13.2 Å². The maximum Gasteiger partial charge on any atom is 0.254 e. The Morgan fingerprint density at radius 1 is 1.27 bits per heavy atom. The fourth-order valence-corrected chi connectivity index (χ4v) is 2.83. The molecule has 1 atom stereocenters. The number of sulfone groups is 1. The third-order valence-corrected chi connectivity index (χ3v) is 4.67. The Morgan fingerprint density at radius 3 is 2.32 bits per heavy atom. The van der Waals surface area contributed by atoms with Crippen LogP contribution in [0.1, 0.15) is 30.6 Å². The first-order valence-electron chi connectivity index (χ1n) is 6.94. The normalized spacial score (nSPS) is 12.6. The van der Waals surface area contributed by atoms with Crippen LogP contribution in [0.4, 0.5) is 0 Å². The zero-order valence-electron chi connectivity index (χ0n) is 13.4. The number of carbonyl (C=O) groups excluding carboxylic acids is 1. The molecule has 0 aliphatic rings. The summed E-state index contributed by atoms with van der Waals surface area (Å²) in [7, 11) is -1.77. The first-order valence-corrected chi connectivity index (χ1v) is 8.84. The summed E-state index contributed by atoms with van der Waals surface area (Å²) in [6, 6.07) is 6.29. The summed E-state index contributed by atoms with van der Waals surface area (Å²) >= 11 is 0. The Labute approximate surface area is 139 Å². The molecular weight excluding hydrogens is 324 g/mol. The monoisotopic (exact) mass is 348 g/mol. The van der Waals surface area contributed by atoms with Crippen LogP contribution in [0.3, 0.4) is 0 Å². The summed E-state index contributed by atoms with van der Waals surface area (Å²) in [5, 5.41) is 0. The maximum atomic E-state index is 12.4. The lowest BCUT2D eigenvalue weighted by molar-refractivity contribution is 0.0785. The van der Waals surface area contributed by atoms with Crippen LogP contribution >= 0.6 is 12.4 Å². The van der Waals surface area contributed by atoms with E-state index < -0.39 is 9.84 Å². The minimum atomic E-state index is -3.43. The molecule has 1 amide bonds. The van der Waals surface area contributed by atoms with Crippen LogP contribution in [0.5, 0.6) is 0 Å². The number of hydrogen-bond donors (Lipinski definition) is 1. The summed E-state index contributed by atoms with van der Waals surface area (Å²) in [6.45, 7) is 4.56. The molecule has 22 heavy (non-hydrogen) atoms. The van der Waals surface area contributed by atoms with Gasteiger partial charge in [0.15, 0.2) is 9.84 Å². The van der Waals surface area contributed by atoms with Gasteiger partial charge >= 0.3 is 0 Å². The minimum absolute atomic E-state index is 0. The van der Waals surface area contributed by atoms with Crippen molar-refractivity contribution in [3.05, 3.63) is 29.8 Å². The Morgan fingerprint density at radius 2 is 1.82 bits per heavy atom. The van der Waals surface area contributed by atoms with E-state index in [2.05, 4.69) is 0 Å². The van der Waals surface area contributed by atoms with Crippen LogP contribution in [0.25, 0.3) is 0 Å². The number of carbonyl (C=O) groups is 1. The SMILES string of the molecule is CC(C)C(N)CCN(C)C(=O)c1ccccc1S(C)(=O)=O.Cl. The highest BCUT2D eigenvalue weighted by atomic mass is 35.5. The largest absolute Gasteiger partial charge is 0.342 e. The summed E-state index contributed by atoms with van der Waals surface area (Å²) in [5.41, 5.74) is 6.18. The summed E-state index contributed by atoms with van der Waals surface area (Å²) in [6.07, 6.45) is 1.79. The molecule has 0 heterocycles. The van der Waals surface area contributed by atoms with Crippen molar-refractivity contribution in [1.29, 1.82) is 0 Å². The molecule has 5 nitrogen and oxygen atoms in total. The zero-order chi connectivity index (χ0) is 16.2. The second-order valence-corrected chi connectivity index (χ2v) is 7.68. The van der Waals surface area contributed by atoms with Gasteiger partial charge in [-0.25, -0.2) is 8.42 Å². The molecule has 2 N–H and O–H groups in total. The summed E-state index contributed by atoms with van der Waals surface area (Å²) in [5.74, 6) is 0.0452. The molecular formula is C15H25ClN2O3S. The molecule has 0 bridgehead atoms. The second kappa shape index (κ2) is 8.50. The van der Waals surface area contributed by atoms with Crippen molar-refractivity contribution in [2.24, 2.45) is 11.7 Å². The van der Waals surface area contributed by atoms with E-state index >= 15 is 0 Å². The van der Waals surface area contributed by atoms with Gasteiger partial charge in [0.1, 0.15) is 0 Å². The highest BCUT2D eigenvalue weighted by Crippen LogP contribution is 2.17. The van der Waals surface area contributed by atoms with Crippen molar-refractivity contribution in [3.8, 4) is 0 Å². The molecule has 7 heteroatoms. The van der Waals surface area contributed by atoms with Gasteiger partial charge in [-0.05, 0) is 24.5 Å². The van der Waals surface area contributed by atoms with Crippen molar-refractivity contribution in [2.45, 2.75) is 31.2 Å². The van der Waals surface area contributed by atoms with Gasteiger partial charge in [-0.15, -0.1) is 12.4 Å². The van der Waals surface area contributed by atoms with E-state index in [1.807, 2.05) is 13.8 Å². The summed E-state index contributed by atoms with van der Waals surface area (Å²) < 4.78 is 23.5. The van der Waals surface area contributed by atoms with E-state index in [0.717, 1.165) is 6.26 Å². The molecule has 0 spiro atoms. The van der Waals surface area contributed by atoms with Gasteiger partial charge in [-0.3, -0.25) is 4.79 Å². The topological polar surface area (TPSA) is 80.5 Å². The fourth-order valence-electron chi connectivity index (χ4n) is 1.95. The van der Waals surface area contributed by atoms with Crippen molar-refractivity contribution in [2.75, 3.05) is 19.8 Å². The van der Waals surface area contributed by atoms with Gasteiger partial charge in [0.2, 0.25) is 0 Å². The van der Waals surface area contributed by atoms with E-state index in [4.69, 9.17) is 5.73 Å². The van der Waals surface area contributed by atoms with Crippen LogP contribution in [-0.2, 0) is 9.84 Å². The van der Waals surface area contributed by atoms with Crippen molar-refractivity contribution in [3.63, 3.8) is 0 Å². The lowest BCUT2D eigenvalue weighted by Gasteiger charge is -2.22. The van der Waals surface area contributed by atoms with Gasteiger partial charge in [0.25, 0.3) is 5.91 Å². The van der Waals surface area contributed by atoms with Gasteiger partial charge in [0, 0.05) is 25.9 Å². The second-order valence-electron chi connectivity index (χ2n) is 5.69. The standard InChI is InChI=1S/C15H24N2O3S.ClH/c1-11(2)13(16)9-10-17(3)15(18)12-7-5-6-8-14(12)21(4,19)20;/h5-8,11,13H,9-10,16H2,1-4H3;1H. The number of nitrogens with two attached hydrogens (primary N) is 1. The minimum Gasteiger partial charge on any atom is -0.342 e. The molecule has 1 aromatic carbocycles. The van der Waals surface area contributed by atoms with Gasteiger partial charge in [-0.2, -0.15) is 0 Å². The number of hydrogen-bond acceptors (Lipinski definition) is 4. The molecule has 1 rings (SSSR count). The van der Waals surface area contributed by atoms with E-state index in [0.29, 0.717) is 18.9 Å². The van der Waals surface area contributed by atoms with Crippen LogP contribution < -0.4 is 5.73 Å². The smallest absolute Gasteiger partial charge is 0.254 e. The molecule has 126 valence electrons.